The fourth-order valence-electron chi connectivity index (χ4n) is 2.43. The molecule has 0 aliphatic carbocycles. The number of rotatable bonds is 5. The number of carbonyl (C=O) groups is 1. The molecule has 1 heterocycles. The summed E-state index contributed by atoms with van der Waals surface area (Å²) in [6.07, 6.45) is 0. The molecular weight excluding hydrogens is 325 g/mol. The van der Waals surface area contributed by atoms with Crippen LogP contribution in [0.2, 0.25) is 0 Å². The molecule has 0 bridgehead atoms. The lowest BCUT2D eigenvalue weighted by Gasteiger charge is -2.19. The van der Waals surface area contributed by atoms with Gasteiger partial charge in [-0.2, -0.15) is 0 Å². The first-order valence-corrected chi connectivity index (χ1v) is 8.58. The van der Waals surface area contributed by atoms with Gasteiger partial charge in [0.25, 0.3) is 5.91 Å². The number of likely N-dealkylation sites (N-methyl/N-ethyl adjacent to an activating group) is 1. The van der Waals surface area contributed by atoms with Crippen molar-refractivity contribution in [2.75, 3.05) is 18.9 Å². The zero-order chi connectivity index (χ0) is 17.1. The molecule has 6 heteroatoms. The van der Waals surface area contributed by atoms with Crippen LogP contribution in [0.4, 0.5) is 10.1 Å². The minimum atomic E-state index is -0.319. The van der Waals surface area contributed by atoms with Crippen LogP contribution in [-0.2, 0) is 4.79 Å². The minimum Gasteiger partial charge on any atom is -0.322 e. The molecule has 0 fully saturated rings. The third-order valence-corrected chi connectivity index (χ3v) is 5.21. The molecule has 4 nitrogen and oxygen atoms in total. The number of anilines is 1. The van der Waals surface area contributed by atoms with Gasteiger partial charge in [0.1, 0.15) is 11.9 Å². The van der Waals surface area contributed by atoms with Gasteiger partial charge in [0.15, 0.2) is 11.6 Å². The predicted octanol–water partition coefficient (Wildman–Crippen LogP) is 2.65. The van der Waals surface area contributed by atoms with Gasteiger partial charge in [0, 0.05) is 5.69 Å². The number of thiazole rings is 1. The molecule has 2 aromatic carbocycles. The highest BCUT2D eigenvalue weighted by Gasteiger charge is 2.22. The molecule has 3 aromatic rings. The summed E-state index contributed by atoms with van der Waals surface area (Å²) in [6, 6.07) is 13.9. The van der Waals surface area contributed by atoms with Crippen LogP contribution < -0.4 is 10.2 Å². The second-order valence-corrected chi connectivity index (χ2v) is 6.88. The summed E-state index contributed by atoms with van der Waals surface area (Å²) in [7, 11) is 1.97. The first-order chi connectivity index (χ1) is 11.5. The topological polar surface area (TPSA) is 46.4 Å². The molecule has 0 aliphatic rings. The van der Waals surface area contributed by atoms with Crippen molar-refractivity contribution in [1.29, 1.82) is 0 Å². The molecular formula is C18H19FN3OS+. The van der Waals surface area contributed by atoms with Gasteiger partial charge in [0.05, 0.1) is 17.3 Å². The number of carbonyl (C=O) groups excluding carboxylic acids is 1. The van der Waals surface area contributed by atoms with Crippen LogP contribution in [0.15, 0.2) is 48.5 Å². The number of benzene rings is 2. The van der Waals surface area contributed by atoms with E-state index in [4.69, 9.17) is 0 Å². The largest absolute Gasteiger partial charge is 0.322 e. The fourth-order valence-corrected chi connectivity index (χ4v) is 3.54. The zero-order valence-electron chi connectivity index (χ0n) is 13.5. The van der Waals surface area contributed by atoms with Crippen LogP contribution in [-0.4, -0.2) is 24.5 Å². The molecule has 1 aromatic heterocycles. The van der Waals surface area contributed by atoms with E-state index in [1.165, 1.54) is 12.1 Å². The second-order valence-electron chi connectivity index (χ2n) is 5.82. The number of quaternary nitrogens is 1. The smallest absolute Gasteiger partial charge is 0.279 e. The van der Waals surface area contributed by atoms with Gasteiger partial charge < -0.3 is 10.2 Å². The number of nitrogens with one attached hydrogen (secondary N) is 2. The summed E-state index contributed by atoms with van der Waals surface area (Å²) in [5, 5.41) is 3.81. The molecule has 124 valence electrons. The maximum absolute atomic E-state index is 12.9. The minimum absolute atomic E-state index is 0.105. The van der Waals surface area contributed by atoms with Gasteiger partial charge in [-0.1, -0.05) is 12.1 Å². The third-order valence-electron chi connectivity index (χ3n) is 3.99. The van der Waals surface area contributed by atoms with Gasteiger partial charge in [0.2, 0.25) is 0 Å². The molecule has 0 saturated carbocycles. The Kier molecular flexibility index (Phi) is 4.87. The fraction of sp³-hybridized carbons (Fsp3) is 0.222. The van der Waals surface area contributed by atoms with E-state index in [0.29, 0.717) is 12.2 Å². The van der Waals surface area contributed by atoms with E-state index in [9.17, 15) is 9.18 Å². The van der Waals surface area contributed by atoms with E-state index < -0.39 is 0 Å². The third kappa shape index (κ3) is 3.77. The molecule has 0 radical (unpaired) electrons. The van der Waals surface area contributed by atoms with Crippen molar-refractivity contribution in [3.8, 4) is 0 Å². The molecule has 3 rings (SSSR count). The first kappa shape index (κ1) is 16.5. The van der Waals surface area contributed by atoms with Crippen LogP contribution >= 0.6 is 11.3 Å². The highest BCUT2D eigenvalue weighted by Crippen LogP contribution is 2.24. The Labute approximate surface area is 143 Å². The highest BCUT2D eigenvalue weighted by atomic mass is 32.1. The van der Waals surface area contributed by atoms with E-state index in [1.807, 2.05) is 25.2 Å². The van der Waals surface area contributed by atoms with Gasteiger partial charge in [-0.3, -0.25) is 4.79 Å². The Morgan fingerprint density at radius 2 is 1.96 bits per heavy atom. The summed E-state index contributed by atoms with van der Waals surface area (Å²) in [6.45, 7) is 2.38. The highest BCUT2D eigenvalue weighted by molar-refractivity contribution is 7.18. The lowest BCUT2D eigenvalue weighted by molar-refractivity contribution is -0.902. The predicted molar refractivity (Wildman–Crippen MR) is 94.8 cm³/mol. The van der Waals surface area contributed by atoms with Crippen molar-refractivity contribution in [3.05, 3.63) is 59.4 Å². The van der Waals surface area contributed by atoms with Crippen LogP contribution in [0.3, 0.4) is 0 Å². The number of amides is 1. The maximum atomic E-state index is 12.9. The van der Waals surface area contributed by atoms with E-state index in [0.717, 1.165) is 20.1 Å². The van der Waals surface area contributed by atoms with Gasteiger partial charge in [-0.15, -0.1) is 11.3 Å². The lowest BCUT2D eigenvalue weighted by atomic mass is 10.3. The van der Waals surface area contributed by atoms with Crippen molar-refractivity contribution in [3.63, 3.8) is 0 Å². The van der Waals surface area contributed by atoms with Gasteiger partial charge in [-0.05, 0) is 43.3 Å². The molecule has 0 saturated heterocycles. The lowest BCUT2D eigenvalue weighted by Crippen LogP contribution is -3.10. The normalized spacial score (nSPS) is 13.6. The summed E-state index contributed by atoms with van der Waals surface area (Å²) >= 11 is 1.66. The average molecular weight is 344 g/mol. The van der Waals surface area contributed by atoms with Crippen LogP contribution in [0, 0.1) is 5.82 Å². The molecule has 2 atom stereocenters. The number of aromatic nitrogens is 1. The van der Waals surface area contributed by atoms with Crippen molar-refractivity contribution in [1.82, 2.24) is 4.98 Å². The van der Waals surface area contributed by atoms with Gasteiger partial charge >= 0.3 is 0 Å². The Morgan fingerprint density at radius 1 is 1.25 bits per heavy atom. The summed E-state index contributed by atoms with van der Waals surface area (Å²) in [4.78, 5) is 17.9. The molecule has 1 amide bonds. The van der Waals surface area contributed by atoms with Crippen molar-refractivity contribution >= 4 is 33.1 Å². The zero-order valence-corrected chi connectivity index (χ0v) is 14.4. The van der Waals surface area contributed by atoms with E-state index in [1.54, 1.807) is 23.5 Å². The number of fused-ring (bicyclic) bond motifs is 1. The quantitative estimate of drug-likeness (QED) is 0.747. The van der Waals surface area contributed by atoms with Crippen LogP contribution in [0.25, 0.3) is 10.2 Å². The first-order valence-electron chi connectivity index (χ1n) is 7.76. The molecule has 0 spiro atoms. The second kappa shape index (κ2) is 7.07. The number of halogens is 1. The monoisotopic (exact) mass is 344 g/mol. The van der Waals surface area contributed by atoms with Crippen molar-refractivity contribution in [2.45, 2.75) is 13.0 Å². The Balaban J connectivity index is 1.63. The SMILES string of the molecule is C[C@H](c1nc2ccccc2s1)[NH+](C)CC(=O)Nc1ccc(F)cc1. The van der Waals surface area contributed by atoms with E-state index in [2.05, 4.69) is 23.3 Å². The van der Waals surface area contributed by atoms with Gasteiger partial charge in [-0.25, -0.2) is 9.37 Å². The summed E-state index contributed by atoms with van der Waals surface area (Å²) in [5.41, 5.74) is 1.59. The van der Waals surface area contributed by atoms with Crippen molar-refractivity contribution < 1.29 is 14.1 Å². The molecule has 1 unspecified atom stereocenters. The number of para-hydroxylation sites is 1. The number of hydrogen-bond acceptors (Lipinski definition) is 3. The molecule has 24 heavy (non-hydrogen) atoms. The summed E-state index contributed by atoms with van der Waals surface area (Å²) < 4.78 is 14.0. The van der Waals surface area contributed by atoms with E-state index >= 15 is 0 Å². The number of nitrogens with zero attached hydrogens (tertiary/aromatic N) is 1. The van der Waals surface area contributed by atoms with E-state index in [-0.39, 0.29) is 17.8 Å². The Hall–Kier alpha value is -2.31. The molecule has 2 N–H and O–H groups in total. The maximum Gasteiger partial charge on any atom is 0.279 e. The van der Waals surface area contributed by atoms with Crippen LogP contribution in [0.5, 0.6) is 0 Å². The molecule has 0 aliphatic heterocycles. The van der Waals surface area contributed by atoms with Crippen LogP contribution in [0.1, 0.15) is 18.0 Å². The standard InChI is InChI=1S/C18H18FN3OS/c1-12(18-21-15-5-3-4-6-16(15)24-18)22(2)11-17(23)20-14-9-7-13(19)8-10-14/h3-10,12H,11H2,1-2H3,(H,20,23)/p+1/t12-/m1/s1. The number of hydrogen-bond donors (Lipinski definition) is 2. The van der Waals surface area contributed by atoms with Crippen molar-refractivity contribution in [2.24, 2.45) is 0 Å². The Morgan fingerprint density at radius 3 is 2.67 bits per heavy atom. The average Bonchev–Trinajstić information content (AvgIpc) is 3.00. The summed E-state index contributed by atoms with van der Waals surface area (Å²) in [5.74, 6) is -0.424. The Bertz CT molecular complexity index is 814.